The molecule has 4 aliphatic carbocycles. The highest BCUT2D eigenvalue weighted by atomic mass is 14.5. The molecule has 0 unspecified atom stereocenters. The molecule has 0 N–H and O–H groups in total. The SMILES string of the molecule is C1C2CC3CC1CC(C2)C3.CC.CC=CC. The second kappa shape index (κ2) is 7.14. The Balaban J connectivity index is 0.000000186. The monoisotopic (exact) mass is 222 g/mol. The van der Waals surface area contributed by atoms with Crippen LogP contribution in [-0.4, -0.2) is 0 Å². The molecular formula is C16H30. The maximum atomic E-state index is 2.00. The van der Waals surface area contributed by atoms with Gasteiger partial charge in [-0.25, -0.2) is 0 Å². The highest BCUT2D eigenvalue weighted by Crippen LogP contribution is 2.53. The van der Waals surface area contributed by atoms with Gasteiger partial charge in [0.2, 0.25) is 0 Å². The van der Waals surface area contributed by atoms with E-state index < -0.39 is 0 Å². The summed E-state index contributed by atoms with van der Waals surface area (Å²) in [6, 6.07) is 0. The van der Waals surface area contributed by atoms with Crippen molar-refractivity contribution in [2.75, 3.05) is 0 Å². The van der Waals surface area contributed by atoms with Gasteiger partial charge in [0.25, 0.3) is 0 Å². The minimum atomic E-state index is 1.18. The molecule has 0 aromatic carbocycles. The van der Waals surface area contributed by atoms with Gasteiger partial charge in [-0.1, -0.05) is 26.0 Å². The molecule has 0 heteroatoms. The maximum Gasteiger partial charge on any atom is -0.0406 e. The molecule has 0 spiro atoms. The Morgan fingerprint density at radius 2 is 0.750 bits per heavy atom. The van der Waals surface area contributed by atoms with Gasteiger partial charge in [0.1, 0.15) is 0 Å². The van der Waals surface area contributed by atoms with Crippen LogP contribution in [0.2, 0.25) is 0 Å². The molecule has 16 heavy (non-hydrogen) atoms. The molecular weight excluding hydrogens is 192 g/mol. The Morgan fingerprint density at radius 1 is 0.562 bits per heavy atom. The average molecular weight is 222 g/mol. The normalized spacial score (nSPS) is 38.8. The third kappa shape index (κ3) is 3.64. The first-order valence-electron chi connectivity index (χ1n) is 7.39. The van der Waals surface area contributed by atoms with Crippen LogP contribution in [0.15, 0.2) is 12.2 Å². The lowest BCUT2D eigenvalue weighted by Crippen LogP contribution is -2.38. The lowest BCUT2D eigenvalue weighted by molar-refractivity contribution is 0.0198. The first-order chi connectivity index (χ1) is 7.81. The van der Waals surface area contributed by atoms with E-state index in [0.29, 0.717) is 0 Å². The molecule has 4 rings (SSSR count). The van der Waals surface area contributed by atoms with Crippen LogP contribution in [0.5, 0.6) is 0 Å². The van der Waals surface area contributed by atoms with Crippen LogP contribution in [0.4, 0.5) is 0 Å². The highest BCUT2D eigenvalue weighted by molar-refractivity contribution is 4.92. The fraction of sp³-hybridized carbons (Fsp3) is 0.875. The van der Waals surface area contributed by atoms with Gasteiger partial charge in [-0.15, -0.1) is 0 Å². The molecule has 4 aliphatic rings. The third-order valence-electron chi connectivity index (χ3n) is 4.33. The predicted octanol–water partition coefficient (Wildman–Crippen LogP) is 5.44. The van der Waals surface area contributed by atoms with Crippen LogP contribution in [-0.2, 0) is 0 Å². The first kappa shape index (κ1) is 13.8. The summed E-state index contributed by atoms with van der Waals surface area (Å²) in [5, 5.41) is 0. The van der Waals surface area contributed by atoms with Crippen molar-refractivity contribution >= 4 is 0 Å². The van der Waals surface area contributed by atoms with Crippen LogP contribution in [0.3, 0.4) is 0 Å². The Kier molecular flexibility index (Phi) is 6.16. The van der Waals surface area contributed by atoms with Crippen molar-refractivity contribution in [3.05, 3.63) is 12.2 Å². The molecule has 4 fully saturated rings. The van der Waals surface area contributed by atoms with Gasteiger partial charge in [-0.05, 0) is 76.0 Å². The van der Waals surface area contributed by atoms with Crippen LogP contribution in [0, 0.1) is 23.7 Å². The first-order valence-corrected chi connectivity index (χ1v) is 7.39. The van der Waals surface area contributed by atoms with Gasteiger partial charge in [-0.3, -0.25) is 0 Å². The molecule has 0 atom stereocenters. The van der Waals surface area contributed by atoms with Gasteiger partial charge in [0.15, 0.2) is 0 Å². The molecule has 0 saturated heterocycles. The largest absolute Gasteiger partial charge is 0.0919 e. The van der Waals surface area contributed by atoms with Crippen molar-refractivity contribution in [3.63, 3.8) is 0 Å². The summed E-state index contributed by atoms with van der Waals surface area (Å²) < 4.78 is 0. The molecule has 0 amide bonds. The van der Waals surface area contributed by atoms with E-state index in [9.17, 15) is 0 Å². The molecule has 0 radical (unpaired) electrons. The number of allylic oxidation sites excluding steroid dienone is 2. The molecule has 0 aromatic rings. The second-order valence-corrected chi connectivity index (χ2v) is 5.54. The molecule has 4 saturated carbocycles. The predicted molar refractivity (Wildman–Crippen MR) is 73.5 cm³/mol. The van der Waals surface area contributed by atoms with E-state index >= 15 is 0 Å². The quantitative estimate of drug-likeness (QED) is 0.479. The van der Waals surface area contributed by atoms with Crippen molar-refractivity contribution in [3.8, 4) is 0 Å². The minimum absolute atomic E-state index is 1.18. The Morgan fingerprint density at radius 3 is 0.875 bits per heavy atom. The zero-order valence-corrected chi connectivity index (χ0v) is 11.7. The molecule has 4 bridgehead atoms. The minimum Gasteiger partial charge on any atom is -0.0919 e. The summed E-state index contributed by atoms with van der Waals surface area (Å²) in [5.41, 5.74) is 0. The third-order valence-corrected chi connectivity index (χ3v) is 4.33. The van der Waals surface area contributed by atoms with E-state index in [2.05, 4.69) is 0 Å². The molecule has 0 aromatic heterocycles. The summed E-state index contributed by atoms with van der Waals surface area (Å²) in [7, 11) is 0. The van der Waals surface area contributed by atoms with Gasteiger partial charge in [0.05, 0.1) is 0 Å². The lowest BCUT2D eigenvalue weighted by atomic mass is 9.56. The van der Waals surface area contributed by atoms with Gasteiger partial charge in [0, 0.05) is 0 Å². The van der Waals surface area contributed by atoms with E-state index in [1.165, 1.54) is 23.7 Å². The number of hydrogen-bond donors (Lipinski definition) is 0. The molecule has 0 nitrogen and oxygen atoms in total. The Labute approximate surface area is 103 Å². The van der Waals surface area contributed by atoms with Crippen molar-refractivity contribution in [1.82, 2.24) is 0 Å². The topological polar surface area (TPSA) is 0 Å². The Hall–Kier alpha value is -0.260. The van der Waals surface area contributed by atoms with E-state index in [4.69, 9.17) is 0 Å². The van der Waals surface area contributed by atoms with Crippen molar-refractivity contribution in [1.29, 1.82) is 0 Å². The van der Waals surface area contributed by atoms with Crippen molar-refractivity contribution in [2.24, 2.45) is 23.7 Å². The van der Waals surface area contributed by atoms with Crippen LogP contribution < -0.4 is 0 Å². The van der Waals surface area contributed by atoms with E-state index in [1.54, 1.807) is 38.5 Å². The van der Waals surface area contributed by atoms with E-state index in [-0.39, 0.29) is 0 Å². The summed E-state index contributed by atoms with van der Waals surface area (Å²) in [4.78, 5) is 0. The molecule has 0 aliphatic heterocycles. The van der Waals surface area contributed by atoms with Crippen molar-refractivity contribution < 1.29 is 0 Å². The van der Waals surface area contributed by atoms with E-state index in [0.717, 1.165) is 0 Å². The van der Waals surface area contributed by atoms with Gasteiger partial charge in [-0.2, -0.15) is 0 Å². The van der Waals surface area contributed by atoms with Crippen LogP contribution in [0.1, 0.15) is 66.2 Å². The summed E-state index contributed by atoms with van der Waals surface area (Å²) in [6.07, 6.45) is 13.6. The smallest absolute Gasteiger partial charge is 0.0406 e. The van der Waals surface area contributed by atoms with E-state index in [1.807, 2.05) is 39.8 Å². The lowest BCUT2D eigenvalue weighted by Gasteiger charge is -2.49. The molecule has 0 heterocycles. The van der Waals surface area contributed by atoms with Gasteiger partial charge >= 0.3 is 0 Å². The fourth-order valence-corrected chi connectivity index (χ4v) is 3.98. The zero-order chi connectivity index (χ0) is 12.0. The number of hydrogen-bond acceptors (Lipinski definition) is 0. The summed E-state index contributed by atoms with van der Waals surface area (Å²) in [6.45, 7) is 8.00. The Bertz CT molecular complexity index is 142. The van der Waals surface area contributed by atoms with Crippen LogP contribution in [0.25, 0.3) is 0 Å². The fourth-order valence-electron chi connectivity index (χ4n) is 3.98. The zero-order valence-electron chi connectivity index (χ0n) is 11.7. The summed E-state index contributed by atoms with van der Waals surface area (Å²) >= 11 is 0. The maximum absolute atomic E-state index is 2.00. The van der Waals surface area contributed by atoms with Gasteiger partial charge < -0.3 is 0 Å². The number of rotatable bonds is 0. The average Bonchev–Trinajstić information content (AvgIpc) is 2.30. The highest BCUT2D eigenvalue weighted by Gasteiger charge is 2.41. The molecule has 94 valence electrons. The van der Waals surface area contributed by atoms with Crippen molar-refractivity contribution in [2.45, 2.75) is 66.2 Å². The van der Waals surface area contributed by atoms with Crippen LogP contribution >= 0.6 is 0 Å². The standard InChI is InChI=1S/C10H16.C4H8.C2H6/c1-7-2-9-4-8(1)5-10(3-7)6-9;1-3-4-2;1-2/h7-10H,1-6H2;3-4H,1-2H3;1-2H3. The summed E-state index contributed by atoms with van der Waals surface area (Å²) in [5.74, 6) is 4.71. The second-order valence-electron chi connectivity index (χ2n) is 5.54.